The molecule has 0 saturated carbocycles. The van der Waals surface area contributed by atoms with Crippen LogP contribution in [0.4, 0.5) is 0 Å². The van der Waals surface area contributed by atoms with Gasteiger partial charge < -0.3 is 138 Å². The average Bonchev–Trinajstić information content (AvgIpc) is 0.860. The van der Waals surface area contributed by atoms with E-state index in [1.54, 1.807) is 45.9 Å². The topological polar surface area (TPSA) is 780 Å². The summed E-state index contributed by atoms with van der Waals surface area (Å²) in [4.78, 5) is 272. The molecular formula is C72H106N20O28. The van der Waals surface area contributed by atoms with Crippen LogP contribution in [0.3, 0.4) is 0 Å². The monoisotopic (exact) mass is 1700 g/mol. The number of carboxylic acids is 5. The third-order valence-corrected chi connectivity index (χ3v) is 17.0. The Morgan fingerprint density at radius 3 is 1.24 bits per heavy atom. The van der Waals surface area contributed by atoms with E-state index in [0.717, 1.165) is 6.92 Å². The Balaban J connectivity index is 2.16. The SMILES string of the molecule is CC(C)C[C@H](NC(=O)[C@H](Cc1ccccc1)NC(=O)[C@H](CC(=O)O)NC(=O)CNC(=O)[C@H](CCC(=O)O)NC(=O)CNC(=O)[C@H](CO)NC(=O)[C@H](CC(=O)O)NC(=O)[C@H](C)NC(=O)[C@@H](N)Cc1ccc(O)cc1)C(=O)N[C@@H](C)C(=O)N[C@@H](CCC(=O)O)C(=O)NCC(=O)NCC(=O)NCC(=O)N[C@H](C(=O)N[C@@H](CCCNC(=N)N)C(=O)O)C(C)C. The van der Waals surface area contributed by atoms with Crippen molar-refractivity contribution in [2.24, 2.45) is 23.3 Å². The average molecular weight is 1700 g/mol. The van der Waals surface area contributed by atoms with Gasteiger partial charge in [0.05, 0.1) is 58.2 Å². The van der Waals surface area contributed by atoms with Gasteiger partial charge in [-0.05, 0) is 87.5 Å². The second-order valence-corrected chi connectivity index (χ2v) is 27.9. The molecule has 0 unspecified atom stereocenters. The van der Waals surface area contributed by atoms with Gasteiger partial charge in [0.25, 0.3) is 0 Å². The predicted molar refractivity (Wildman–Crippen MR) is 414 cm³/mol. The van der Waals surface area contributed by atoms with E-state index in [9.17, 15) is 136 Å². The molecule has 0 bridgehead atoms. The van der Waals surface area contributed by atoms with Crippen LogP contribution >= 0.6 is 0 Å². The summed E-state index contributed by atoms with van der Waals surface area (Å²) in [6.45, 7) is 3.15. The quantitative estimate of drug-likeness (QED) is 0.0166. The summed E-state index contributed by atoms with van der Waals surface area (Å²) >= 11 is 0. The summed E-state index contributed by atoms with van der Waals surface area (Å²) in [6, 6.07) is -6.01. The lowest BCUT2D eigenvalue weighted by molar-refractivity contribution is -0.143. The first-order chi connectivity index (χ1) is 56.3. The van der Waals surface area contributed by atoms with Crippen molar-refractivity contribution in [3.05, 3.63) is 65.7 Å². The first kappa shape index (κ1) is 102. The molecule has 16 amide bonds. The van der Waals surface area contributed by atoms with E-state index in [1.807, 2.05) is 10.6 Å². The number of hydrogen-bond acceptors (Lipinski definition) is 25. The van der Waals surface area contributed by atoms with E-state index in [1.165, 1.54) is 43.3 Å². The molecular weight excluding hydrogens is 1590 g/mol. The summed E-state index contributed by atoms with van der Waals surface area (Å²) < 4.78 is 0. The van der Waals surface area contributed by atoms with Gasteiger partial charge >= 0.3 is 29.8 Å². The molecule has 12 atom stereocenters. The minimum atomic E-state index is -2.04. The highest BCUT2D eigenvalue weighted by molar-refractivity contribution is 6.01. The minimum absolute atomic E-state index is 0.0287. The van der Waals surface area contributed by atoms with Gasteiger partial charge in [-0.1, -0.05) is 70.2 Å². The maximum Gasteiger partial charge on any atom is 0.326 e. The number of rotatable bonds is 55. The number of benzene rings is 2. The zero-order chi connectivity index (χ0) is 90.6. The van der Waals surface area contributed by atoms with Gasteiger partial charge in [0.15, 0.2) is 5.96 Å². The molecule has 120 heavy (non-hydrogen) atoms. The Hall–Kier alpha value is -13.7. The largest absolute Gasteiger partial charge is 0.508 e. The van der Waals surface area contributed by atoms with E-state index >= 15 is 0 Å². The van der Waals surface area contributed by atoms with E-state index in [-0.39, 0.29) is 50.4 Å². The van der Waals surface area contributed by atoms with Crippen LogP contribution in [0.2, 0.25) is 0 Å². The summed E-state index contributed by atoms with van der Waals surface area (Å²) in [5, 5.41) is 113. The van der Waals surface area contributed by atoms with Gasteiger partial charge in [-0.3, -0.25) is 101 Å². The molecule has 2 aromatic rings. The first-order valence-electron chi connectivity index (χ1n) is 37.3. The number of aromatic hydroxyl groups is 1. The number of guanidine groups is 1. The van der Waals surface area contributed by atoms with Gasteiger partial charge in [0.2, 0.25) is 94.5 Å². The van der Waals surface area contributed by atoms with Gasteiger partial charge in [-0.15, -0.1) is 0 Å². The van der Waals surface area contributed by atoms with Gasteiger partial charge in [0.1, 0.15) is 72.2 Å². The summed E-state index contributed by atoms with van der Waals surface area (Å²) in [5.74, 6) is -26.6. The highest BCUT2D eigenvalue weighted by Gasteiger charge is 2.36. The number of aliphatic hydroxyl groups is 1. The third-order valence-electron chi connectivity index (χ3n) is 17.0. The number of carbonyl (C=O) groups excluding carboxylic acids is 16. The maximum atomic E-state index is 14.4. The fraction of sp³-hybridized carbons (Fsp3) is 0.528. The number of amides is 16. The zero-order valence-corrected chi connectivity index (χ0v) is 66.4. The number of carbonyl (C=O) groups is 21. The first-order valence-corrected chi connectivity index (χ1v) is 37.3. The molecule has 0 saturated heterocycles. The van der Waals surface area contributed by atoms with Gasteiger partial charge in [0, 0.05) is 25.8 Å². The summed E-state index contributed by atoms with van der Waals surface area (Å²) in [6.07, 6.45) is -5.45. The molecule has 0 aliphatic carbocycles. The molecule has 0 fully saturated rings. The predicted octanol–water partition coefficient (Wildman–Crippen LogP) is -9.82. The summed E-state index contributed by atoms with van der Waals surface area (Å²) in [5.41, 5.74) is 12.1. The molecule has 48 heteroatoms. The van der Waals surface area contributed by atoms with Crippen molar-refractivity contribution >= 4 is 130 Å². The number of phenols is 1. The number of carboxylic acid groups (broad SMARTS) is 5. The third kappa shape index (κ3) is 41.2. The molecule has 0 radical (unpaired) electrons. The molecule has 2 rings (SSSR count). The van der Waals surface area contributed by atoms with Crippen molar-refractivity contribution in [3.63, 3.8) is 0 Å². The smallest absolute Gasteiger partial charge is 0.326 e. The molecule has 0 spiro atoms. The lowest BCUT2D eigenvalue weighted by Crippen LogP contribution is -2.59. The number of nitrogens with one attached hydrogen (secondary N) is 18. The van der Waals surface area contributed by atoms with Gasteiger partial charge in [-0.25, -0.2) is 4.79 Å². The van der Waals surface area contributed by atoms with Crippen LogP contribution in [0.5, 0.6) is 5.75 Å². The lowest BCUT2D eigenvalue weighted by Gasteiger charge is -2.27. The maximum absolute atomic E-state index is 14.4. The minimum Gasteiger partial charge on any atom is -0.508 e. The molecule has 0 heterocycles. The Morgan fingerprint density at radius 1 is 0.375 bits per heavy atom. The molecule has 0 aliphatic rings. The highest BCUT2D eigenvalue weighted by atomic mass is 16.4. The van der Waals surface area contributed by atoms with E-state index in [0.29, 0.717) is 11.1 Å². The number of aliphatic carboxylic acids is 5. The van der Waals surface area contributed by atoms with Crippen LogP contribution in [0, 0.1) is 17.2 Å². The van der Waals surface area contributed by atoms with Crippen molar-refractivity contribution in [1.82, 2.24) is 90.4 Å². The fourth-order valence-electron chi connectivity index (χ4n) is 10.6. The van der Waals surface area contributed by atoms with Crippen molar-refractivity contribution in [2.75, 3.05) is 45.9 Å². The van der Waals surface area contributed by atoms with Crippen molar-refractivity contribution in [3.8, 4) is 5.75 Å². The second kappa shape index (κ2) is 52.8. The fourth-order valence-corrected chi connectivity index (χ4v) is 10.6. The van der Waals surface area contributed by atoms with Crippen molar-refractivity contribution in [2.45, 2.75) is 185 Å². The van der Waals surface area contributed by atoms with Crippen LogP contribution in [-0.2, 0) is 114 Å². The van der Waals surface area contributed by atoms with Gasteiger partial charge in [-0.2, -0.15) is 0 Å². The highest BCUT2D eigenvalue weighted by Crippen LogP contribution is 2.14. The number of phenolic OH excluding ortho intramolecular Hbond substituents is 1. The second-order valence-electron chi connectivity index (χ2n) is 27.9. The number of aliphatic hydroxyl groups excluding tert-OH is 1. The normalized spacial score (nSPS) is 13.8. The number of nitrogens with two attached hydrogens (primary N) is 2. The zero-order valence-electron chi connectivity index (χ0n) is 66.4. The lowest BCUT2D eigenvalue weighted by atomic mass is 10.0. The Bertz CT molecular complexity index is 3980. The van der Waals surface area contributed by atoms with Crippen LogP contribution in [-0.4, -0.2) is 284 Å². The van der Waals surface area contributed by atoms with Crippen LogP contribution < -0.4 is 102 Å². The number of hydrogen-bond donors (Lipinski definition) is 27. The standard InChI is InChI=1S/C72H106N20O28/c1-34(2)23-45(66(114)83-37(6)60(108)86-43(19-21-56(102)103)64(112)79-29-51(96)77-28-50(95)78-30-54(99)92-59(35(3)4)70(118)87-44(71(119)120)13-10-22-76-72(74)75)89-67(115)46(25-38-11-8-7-9-12-38)90-68(116)47(26-57(104)105)85-53(98)32-80-63(111)42(18-20-55(100)101)84-52(97)31-81-65(113)49(33-93)91-69(117)48(27-58(106)107)88-61(109)36(5)82-62(110)41(73)24-39-14-16-40(94)17-15-39/h7-9,11-12,14-17,34-37,41-49,59,93-94H,10,13,18-33,73H2,1-6H3,(H,77,96)(H,78,95)(H,79,112)(H,80,111)(H,81,113)(H,82,110)(H,83,114)(H,84,97)(H,85,98)(H,86,108)(H,87,118)(H,88,109)(H,89,115)(H,90,116)(H,91,117)(H,92,99)(H,100,101)(H,102,103)(H,104,105)(H,106,107)(H,119,120)(H4,74,75,76)/t36-,37-,41-,42-,43-,44-,45-,46-,47-,48-,49-,59-/m0/s1. The van der Waals surface area contributed by atoms with Crippen LogP contribution in [0.1, 0.15) is 110 Å². The van der Waals surface area contributed by atoms with Crippen molar-refractivity contribution < 1.29 is 136 Å². The van der Waals surface area contributed by atoms with E-state index in [4.69, 9.17) is 16.9 Å². The van der Waals surface area contributed by atoms with E-state index in [2.05, 4.69) is 79.8 Å². The molecule has 2 aromatic carbocycles. The Kier molecular flexibility index (Phi) is 45.0. The Morgan fingerprint density at radius 2 is 0.767 bits per heavy atom. The van der Waals surface area contributed by atoms with Crippen LogP contribution in [0.15, 0.2) is 54.6 Å². The summed E-state index contributed by atoms with van der Waals surface area (Å²) in [7, 11) is 0. The molecule has 48 nitrogen and oxygen atoms in total. The molecule has 662 valence electrons. The van der Waals surface area contributed by atoms with Crippen molar-refractivity contribution in [1.29, 1.82) is 5.41 Å². The Labute approximate surface area is 685 Å². The molecule has 0 aliphatic heterocycles. The van der Waals surface area contributed by atoms with Crippen LogP contribution in [0.25, 0.3) is 0 Å². The molecule has 29 N–H and O–H groups in total. The molecule has 0 aromatic heterocycles. The van der Waals surface area contributed by atoms with E-state index < -0.39 is 287 Å².